The third kappa shape index (κ3) is 5.06. The van der Waals surface area contributed by atoms with Gasteiger partial charge in [-0.05, 0) is 43.7 Å². The van der Waals surface area contributed by atoms with Gasteiger partial charge in [0.1, 0.15) is 36.0 Å². The standard InChI is InChI=1S/C27H25NO5/c1-3-31-27(30)22-14-13-20(15-25(22)29)32-17-24-18(2)26(21-11-7-8-12-23(21)28-24)33-16-19-9-5-4-6-10-19/h4-15,29H,3,16-17H2,1-2H3. The SMILES string of the molecule is CCOC(=O)c1ccc(OCc2nc3ccccc3c(OCc3ccccc3)c2C)cc1O. The Kier molecular flexibility index (Phi) is 6.74. The van der Waals surface area contributed by atoms with E-state index in [1.807, 2.05) is 61.5 Å². The van der Waals surface area contributed by atoms with Crippen molar-refractivity contribution in [3.05, 3.63) is 95.2 Å². The van der Waals surface area contributed by atoms with Crippen LogP contribution in [-0.2, 0) is 18.0 Å². The van der Waals surface area contributed by atoms with E-state index in [-0.39, 0.29) is 24.5 Å². The predicted octanol–water partition coefficient (Wildman–Crippen LogP) is 5.58. The second-order valence-corrected chi connectivity index (χ2v) is 7.49. The number of phenols is 1. The van der Waals surface area contributed by atoms with E-state index >= 15 is 0 Å². The summed E-state index contributed by atoms with van der Waals surface area (Å²) in [4.78, 5) is 16.6. The number of nitrogens with zero attached hydrogens (tertiary/aromatic N) is 1. The van der Waals surface area contributed by atoms with Gasteiger partial charge in [0.25, 0.3) is 0 Å². The monoisotopic (exact) mass is 443 g/mol. The second-order valence-electron chi connectivity index (χ2n) is 7.49. The number of hydrogen-bond acceptors (Lipinski definition) is 6. The van der Waals surface area contributed by atoms with Crippen LogP contribution in [0.1, 0.15) is 34.1 Å². The molecule has 0 saturated carbocycles. The summed E-state index contributed by atoms with van der Waals surface area (Å²) in [7, 11) is 0. The average Bonchev–Trinajstić information content (AvgIpc) is 2.83. The molecule has 0 saturated heterocycles. The van der Waals surface area contributed by atoms with Gasteiger partial charge in [0.2, 0.25) is 0 Å². The fraction of sp³-hybridized carbons (Fsp3) is 0.185. The van der Waals surface area contributed by atoms with Crippen molar-refractivity contribution in [1.29, 1.82) is 0 Å². The first kappa shape index (κ1) is 22.1. The van der Waals surface area contributed by atoms with E-state index in [0.717, 1.165) is 33.5 Å². The average molecular weight is 443 g/mol. The van der Waals surface area contributed by atoms with Gasteiger partial charge in [0, 0.05) is 17.0 Å². The van der Waals surface area contributed by atoms with Crippen LogP contribution in [0.15, 0.2) is 72.8 Å². The van der Waals surface area contributed by atoms with E-state index in [1.54, 1.807) is 13.0 Å². The Morgan fingerprint density at radius 3 is 2.45 bits per heavy atom. The molecule has 4 rings (SSSR count). The Balaban J connectivity index is 1.57. The Hall–Kier alpha value is -4.06. The normalized spacial score (nSPS) is 10.7. The zero-order chi connectivity index (χ0) is 23.2. The molecule has 0 atom stereocenters. The molecular weight excluding hydrogens is 418 g/mol. The summed E-state index contributed by atoms with van der Waals surface area (Å²) in [6, 6.07) is 22.3. The number of rotatable bonds is 8. The van der Waals surface area contributed by atoms with Crippen LogP contribution in [0.5, 0.6) is 17.2 Å². The van der Waals surface area contributed by atoms with Crippen molar-refractivity contribution in [3.8, 4) is 17.2 Å². The Labute approximate surface area is 192 Å². The first-order valence-corrected chi connectivity index (χ1v) is 10.7. The number of pyridine rings is 1. The van der Waals surface area contributed by atoms with Crippen LogP contribution < -0.4 is 9.47 Å². The number of para-hydroxylation sites is 1. The molecule has 0 fully saturated rings. The van der Waals surface area contributed by atoms with Gasteiger partial charge in [-0.1, -0.05) is 42.5 Å². The molecule has 6 heteroatoms. The molecule has 1 N–H and O–H groups in total. The quantitative estimate of drug-likeness (QED) is 0.358. The Morgan fingerprint density at radius 1 is 0.939 bits per heavy atom. The lowest BCUT2D eigenvalue weighted by atomic mass is 10.1. The Bertz CT molecular complexity index is 1270. The number of phenolic OH excluding ortho intramolecular Hbond substituents is 1. The van der Waals surface area contributed by atoms with E-state index in [9.17, 15) is 9.90 Å². The van der Waals surface area contributed by atoms with Crippen LogP contribution in [0.2, 0.25) is 0 Å². The number of carbonyl (C=O) groups excluding carboxylic acids is 1. The van der Waals surface area contributed by atoms with Crippen molar-refractivity contribution in [2.45, 2.75) is 27.1 Å². The smallest absolute Gasteiger partial charge is 0.341 e. The van der Waals surface area contributed by atoms with Crippen LogP contribution in [0.3, 0.4) is 0 Å². The van der Waals surface area contributed by atoms with E-state index in [2.05, 4.69) is 0 Å². The first-order valence-electron chi connectivity index (χ1n) is 10.7. The van der Waals surface area contributed by atoms with Gasteiger partial charge in [0.15, 0.2) is 0 Å². The molecule has 1 aromatic heterocycles. The van der Waals surface area contributed by atoms with Crippen molar-refractivity contribution >= 4 is 16.9 Å². The number of esters is 1. The highest BCUT2D eigenvalue weighted by Gasteiger charge is 2.16. The van der Waals surface area contributed by atoms with Crippen LogP contribution in [-0.4, -0.2) is 22.7 Å². The molecule has 0 spiro atoms. The summed E-state index contributed by atoms with van der Waals surface area (Å²) < 4.78 is 17.0. The maximum Gasteiger partial charge on any atom is 0.341 e. The molecule has 0 radical (unpaired) electrons. The summed E-state index contributed by atoms with van der Waals surface area (Å²) in [6.07, 6.45) is 0. The molecule has 0 aliphatic rings. The molecule has 33 heavy (non-hydrogen) atoms. The molecular formula is C27H25NO5. The van der Waals surface area contributed by atoms with Gasteiger partial charge in [-0.25, -0.2) is 9.78 Å². The third-order valence-electron chi connectivity index (χ3n) is 5.24. The maximum atomic E-state index is 11.9. The minimum absolute atomic E-state index is 0.0980. The van der Waals surface area contributed by atoms with E-state index in [1.165, 1.54) is 12.1 Å². The van der Waals surface area contributed by atoms with E-state index in [4.69, 9.17) is 19.2 Å². The molecule has 0 aliphatic carbocycles. The molecule has 0 bridgehead atoms. The van der Waals surface area contributed by atoms with Gasteiger partial charge in [-0.15, -0.1) is 0 Å². The minimum Gasteiger partial charge on any atom is -0.507 e. The van der Waals surface area contributed by atoms with Crippen LogP contribution in [0.4, 0.5) is 0 Å². The summed E-state index contributed by atoms with van der Waals surface area (Å²) in [5.41, 5.74) is 3.60. The molecule has 4 aromatic rings. The molecule has 0 aliphatic heterocycles. The number of carbonyl (C=O) groups is 1. The highest BCUT2D eigenvalue weighted by Crippen LogP contribution is 2.32. The maximum absolute atomic E-state index is 11.9. The molecule has 1 heterocycles. The van der Waals surface area contributed by atoms with Gasteiger partial charge >= 0.3 is 5.97 Å². The zero-order valence-corrected chi connectivity index (χ0v) is 18.6. The lowest BCUT2D eigenvalue weighted by molar-refractivity contribution is 0.0523. The van der Waals surface area contributed by atoms with Crippen molar-refractivity contribution < 1.29 is 24.1 Å². The molecule has 6 nitrogen and oxygen atoms in total. The largest absolute Gasteiger partial charge is 0.507 e. The van der Waals surface area contributed by atoms with Gasteiger partial charge in [0.05, 0.1) is 17.8 Å². The first-order chi connectivity index (χ1) is 16.1. The van der Waals surface area contributed by atoms with Crippen LogP contribution in [0.25, 0.3) is 10.9 Å². The second kappa shape index (κ2) is 10.0. The van der Waals surface area contributed by atoms with Crippen molar-refractivity contribution in [3.63, 3.8) is 0 Å². The summed E-state index contributed by atoms with van der Waals surface area (Å²) in [5.74, 6) is 0.417. The van der Waals surface area contributed by atoms with Crippen molar-refractivity contribution in [1.82, 2.24) is 4.98 Å². The number of aromatic nitrogens is 1. The Morgan fingerprint density at radius 2 is 1.70 bits per heavy atom. The summed E-state index contributed by atoms with van der Waals surface area (Å²) >= 11 is 0. The summed E-state index contributed by atoms with van der Waals surface area (Å²) in [5, 5.41) is 11.1. The lowest BCUT2D eigenvalue weighted by Crippen LogP contribution is -2.07. The lowest BCUT2D eigenvalue weighted by Gasteiger charge is -2.16. The number of aromatic hydroxyl groups is 1. The highest BCUT2D eigenvalue weighted by atomic mass is 16.5. The summed E-state index contributed by atoms with van der Waals surface area (Å²) in [6.45, 7) is 4.52. The number of fused-ring (bicyclic) bond motifs is 1. The van der Waals surface area contributed by atoms with Crippen LogP contribution in [0, 0.1) is 6.92 Å². The molecule has 3 aromatic carbocycles. The minimum atomic E-state index is -0.575. The fourth-order valence-electron chi connectivity index (χ4n) is 3.52. The topological polar surface area (TPSA) is 77.9 Å². The van der Waals surface area contributed by atoms with Crippen molar-refractivity contribution in [2.24, 2.45) is 0 Å². The van der Waals surface area contributed by atoms with Gasteiger partial charge in [-0.3, -0.25) is 0 Å². The number of ether oxygens (including phenoxy) is 3. The van der Waals surface area contributed by atoms with Crippen molar-refractivity contribution in [2.75, 3.05) is 6.61 Å². The van der Waals surface area contributed by atoms with Gasteiger partial charge < -0.3 is 19.3 Å². The third-order valence-corrected chi connectivity index (χ3v) is 5.24. The van der Waals surface area contributed by atoms with Crippen LogP contribution >= 0.6 is 0 Å². The molecule has 0 amide bonds. The zero-order valence-electron chi connectivity index (χ0n) is 18.6. The molecule has 0 unspecified atom stereocenters. The number of hydrogen-bond donors (Lipinski definition) is 1. The molecule has 168 valence electrons. The fourth-order valence-corrected chi connectivity index (χ4v) is 3.52. The highest BCUT2D eigenvalue weighted by molar-refractivity contribution is 5.92. The predicted molar refractivity (Wildman–Crippen MR) is 126 cm³/mol. The number of benzene rings is 3. The van der Waals surface area contributed by atoms with Gasteiger partial charge in [-0.2, -0.15) is 0 Å². The van der Waals surface area contributed by atoms with E-state index < -0.39 is 5.97 Å². The van der Waals surface area contributed by atoms with E-state index in [0.29, 0.717) is 12.4 Å².